The van der Waals surface area contributed by atoms with Gasteiger partial charge in [0.1, 0.15) is 0 Å². The number of nitrogens with one attached hydrogen (secondary N) is 1. The molecule has 2 unspecified atom stereocenters. The lowest BCUT2D eigenvalue weighted by molar-refractivity contribution is 0.182. The Morgan fingerprint density at radius 3 is 2.64 bits per heavy atom. The Bertz CT molecular complexity index is 93.7. The van der Waals surface area contributed by atoms with Gasteiger partial charge in [-0.15, -0.1) is 0 Å². The van der Waals surface area contributed by atoms with Crippen LogP contribution in [0.3, 0.4) is 0 Å². The fourth-order valence-corrected chi connectivity index (χ4v) is 1.76. The maximum absolute atomic E-state index is 5.35. The largest absolute Gasteiger partial charge is 0.381 e. The van der Waals surface area contributed by atoms with Crippen LogP contribution in [-0.4, -0.2) is 26.3 Å². The molecule has 1 N–H and O–H groups in total. The van der Waals surface area contributed by atoms with E-state index in [2.05, 4.69) is 5.32 Å². The van der Waals surface area contributed by atoms with Crippen LogP contribution >= 0.6 is 0 Å². The molecule has 0 aromatic carbocycles. The van der Waals surface area contributed by atoms with Crippen molar-refractivity contribution in [3.05, 3.63) is 0 Å². The van der Waals surface area contributed by atoms with Gasteiger partial charge in [-0.3, -0.25) is 0 Å². The van der Waals surface area contributed by atoms with E-state index in [1.165, 1.54) is 19.5 Å². The van der Waals surface area contributed by atoms with Crippen LogP contribution in [-0.2, 0) is 4.74 Å². The first-order valence-corrected chi connectivity index (χ1v) is 4.75. The van der Waals surface area contributed by atoms with Crippen LogP contribution in [0.4, 0.5) is 0 Å². The second-order valence-electron chi connectivity index (χ2n) is 3.05. The Hall–Kier alpha value is -0.0800. The van der Waals surface area contributed by atoms with E-state index in [0.29, 0.717) is 0 Å². The Balaban J connectivity index is 0.000000281. The molecule has 2 aliphatic heterocycles. The molecule has 2 aliphatic rings. The normalized spacial score (nSPS) is 35.5. The molecule has 2 fully saturated rings. The third kappa shape index (κ3) is 2.17. The first-order valence-electron chi connectivity index (χ1n) is 4.75. The second kappa shape index (κ2) is 4.73. The number of ether oxygens (including phenoxy) is 1. The smallest absolute Gasteiger partial charge is 0.0510 e. The molecule has 0 aliphatic carbocycles. The van der Waals surface area contributed by atoms with Crippen molar-refractivity contribution in [1.82, 2.24) is 5.32 Å². The van der Waals surface area contributed by atoms with Gasteiger partial charge in [-0.05, 0) is 24.8 Å². The van der Waals surface area contributed by atoms with E-state index >= 15 is 0 Å². The molecule has 2 atom stereocenters. The van der Waals surface area contributed by atoms with E-state index in [1.54, 1.807) is 0 Å². The molecule has 2 nitrogen and oxygen atoms in total. The minimum Gasteiger partial charge on any atom is -0.381 e. The average Bonchev–Trinajstić information content (AvgIpc) is 2.55. The molecule has 0 aromatic rings. The molecule has 11 heavy (non-hydrogen) atoms. The van der Waals surface area contributed by atoms with Crippen molar-refractivity contribution in [3.8, 4) is 0 Å². The number of piperidine rings is 1. The van der Waals surface area contributed by atoms with Crippen LogP contribution in [0, 0.1) is 11.8 Å². The quantitative estimate of drug-likeness (QED) is 0.571. The van der Waals surface area contributed by atoms with Crippen molar-refractivity contribution in [2.24, 2.45) is 11.8 Å². The zero-order chi connectivity index (χ0) is 8.10. The average molecular weight is 157 g/mol. The first kappa shape index (κ1) is 9.01. The topological polar surface area (TPSA) is 21.3 Å². The van der Waals surface area contributed by atoms with Gasteiger partial charge in [0.15, 0.2) is 0 Å². The molecule has 66 valence electrons. The molecule has 2 saturated heterocycles. The number of rotatable bonds is 0. The van der Waals surface area contributed by atoms with E-state index in [1.807, 2.05) is 13.8 Å². The molecule has 0 spiro atoms. The molecule has 2 heterocycles. The van der Waals surface area contributed by atoms with Crippen molar-refractivity contribution in [2.45, 2.75) is 20.3 Å². The van der Waals surface area contributed by atoms with Crippen molar-refractivity contribution in [1.29, 1.82) is 0 Å². The van der Waals surface area contributed by atoms with Crippen molar-refractivity contribution in [2.75, 3.05) is 26.3 Å². The molecule has 0 amide bonds. The highest BCUT2D eigenvalue weighted by Gasteiger charge is 2.29. The molecule has 2 rings (SSSR count). The van der Waals surface area contributed by atoms with E-state index in [-0.39, 0.29) is 0 Å². The van der Waals surface area contributed by atoms with Crippen LogP contribution in [0.25, 0.3) is 0 Å². The SMILES string of the molecule is C1CC2COCC2CN1.CC. The summed E-state index contributed by atoms with van der Waals surface area (Å²) in [5.74, 6) is 1.71. The highest BCUT2D eigenvalue weighted by molar-refractivity contribution is 4.81. The van der Waals surface area contributed by atoms with Gasteiger partial charge in [0, 0.05) is 13.2 Å². The minimum atomic E-state index is 0.832. The summed E-state index contributed by atoms with van der Waals surface area (Å²) in [6.07, 6.45) is 1.32. The molecule has 0 saturated carbocycles. The number of hydrogen-bond acceptors (Lipinski definition) is 2. The summed E-state index contributed by atoms with van der Waals surface area (Å²) in [7, 11) is 0. The lowest BCUT2D eigenvalue weighted by Gasteiger charge is -2.23. The molecular formula is C9H19NO. The fraction of sp³-hybridized carbons (Fsp3) is 1.00. The van der Waals surface area contributed by atoms with Crippen LogP contribution in [0.15, 0.2) is 0 Å². The lowest BCUT2D eigenvalue weighted by Crippen LogP contribution is -2.35. The Labute approximate surface area is 69.3 Å². The third-order valence-corrected chi connectivity index (χ3v) is 2.43. The summed E-state index contributed by atoms with van der Waals surface area (Å²) >= 11 is 0. The standard InChI is InChI=1S/C7H13NO.C2H6/c1-2-8-3-7-5-9-4-6(1)7;1-2/h6-8H,1-5H2;1-2H3. The molecule has 0 aromatic heterocycles. The van der Waals surface area contributed by atoms with Gasteiger partial charge in [-0.2, -0.15) is 0 Å². The Morgan fingerprint density at radius 1 is 1.18 bits per heavy atom. The summed E-state index contributed by atoms with van der Waals surface area (Å²) < 4.78 is 5.35. The second-order valence-corrected chi connectivity index (χ2v) is 3.05. The van der Waals surface area contributed by atoms with Crippen molar-refractivity contribution in [3.63, 3.8) is 0 Å². The van der Waals surface area contributed by atoms with Gasteiger partial charge in [0.2, 0.25) is 0 Å². The maximum atomic E-state index is 5.35. The number of fused-ring (bicyclic) bond motifs is 1. The van der Waals surface area contributed by atoms with E-state index in [0.717, 1.165) is 25.0 Å². The first-order chi connectivity index (χ1) is 5.47. The molecule has 0 radical (unpaired) electrons. The molecule has 0 bridgehead atoms. The Morgan fingerprint density at radius 2 is 1.91 bits per heavy atom. The zero-order valence-electron chi connectivity index (χ0n) is 7.60. The molecular weight excluding hydrogens is 138 g/mol. The van der Waals surface area contributed by atoms with Gasteiger partial charge in [0.25, 0.3) is 0 Å². The monoisotopic (exact) mass is 157 g/mol. The van der Waals surface area contributed by atoms with Crippen LogP contribution < -0.4 is 5.32 Å². The zero-order valence-corrected chi connectivity index (χ0v) is 7.60. The van der Waals surface area contributed by atoms with Crippen molar-refractivity contribution < 1.29 is 4.74 Å². The van der Waals surface area contributed by atoms with Gasteiger partial charge < -0.3 is 10.1 Å². The molecule has 2 heteroatoms. The van der Waals surface area contributed by atoms with E-state index in [9.17, 15) is 0 Å². The van der Waals surface area contributed by atoms with Crippen LogP contribution in [0.2, 0.25) is 0 Å². The Kier molecular flexibility index (Phi) is 3.87. The van der Waals surface area contributed by atoms with Crippen molar-refractivity contribution >= 4 is 0 Å². The highest BCUT2D eigenvalue weighted by Crippen LogP contribution is 2.25. The van der Waals surface area contributed by atoms with Gasteiger partial charge in [-0.25, -0.2) is 0 Å². The van der Waals surface area contributed by atoms with Gasteiger partial charge in [-0.1, -0.05) is 13.8 Å². The third-order valence-electron chi connectivity index (χ3n) is 2.43. The summed E-state index contributed by atoms with van der Waals surface area (Å²) in [5, 5.41) is 3.38. The number of hydrogen-bond donors (Lipinski definition) is 1. The summed E-state index contributed by atoms with van der Waals surface area (Å²) in [6, 6.07) is 0. The predicted molar refractivity (Wildman–Crippen MR) is 46.6 cm³/mol. The van der Waals surface area contributed by atoms with E-state index in [4.69, 9.17) is 4.74 Å². The highest BCUT2D eigenvalue weighted by atomic mass is 16.5. The van der Waals surface area contributed by atoms with Gasteiger partial charge in [0.05, 0.1) is 6.61 Å². The van der Waals surface area contributed by atoms with Gasteiger partial charge >= 0.3 is 0 Å². The fourth-order valence-electron chi connectivity index (χ4n) is 1.76. The summed E-state index contributed by atoms with van der Waals surface area (Å²) in [5.41, 5.74) is 0. The van der Waals surface area contributed by atoms with E-state index < -0.39 is 0 Å². The predicted octanol–water partition coefficient (Wildman–Crippen LogP) is 1.27. The maximum Gasteiger partial charge on any atom is 0.0510 e. The lowest BCUT2D eigenvalue weighted by atomic mass is 9.90. The summed E-state index contributed by atoms with van der Waals surface area (Å²) in [6.45, 7) is 8.40. The van der Waals surface area contributed by atoms with Crippen LogP contribution in [0.1, 0.15) is 20.3 Å². The minimum absolute atomic E-state index is 0.832. The van der Waals surface area contributed by atoms with Crippen LogP contribution in [0.5, 0.6) is 0 Å². The summed E-state index contributed by atoms with van der Waals surface area (Å²) in [4.78, 5) is 0.